The third-order valence-corrected chi connectivity index (χ3v) is 19.7. The number of rotatable bonds is 54. The lowest BCUT2D eigenvalue weighted by molar-refractivity contribution is -0.143. The van der Waals surface area contributed by atoms with E-state index in [0.717, 1.165) is 12.1 Å². The second-order valence-corrected chi connectivity index (χ2v) is 28.6. The number of carbonyl (C=O) groups excluding carboxylic acids is 11. The molecule has 0 aromatic heterocycles. The van der Waals surface area contributed by atoms with Gasteiger partial charge in [-0.1, -0.05) is 85.5 Å². The highest BCUT2D eigenvalue weighted by atomic mass is 32.1. The number of nitrogens with one attached hydrogen (secondary N) is 9. The second kappa shape index (κ2) is 50.7. The van der Waals surface area contributed by atoms with Crippen molar-refractivity contribution in [2.24, 2.45) is 23.3 Å². The maximum atomic E-state index is 15.1. The van der Waals surface area contributed by atoms with Crippen molar-refractivity contribution in [3.05, 3.63) is 112 Å². The summed E-state index contributed by atoms with van der Waals surface area (Å²) in [4.78, 5) is 186. The average molecular weight is 1680 g/mol. The number of hydrogen-bond donors (Lipinski definition) is 25. The number of aliphatic hydroxyl groups is 10. The molecule has 41 heteroatoms. The molecule has 4 rings (SSSR count). The van der Waals surface area contributed by atoms with Gasteiger partial charge in [-0.3, -0.25) is 62.3 Å². The van der Waals surface area contributed by atoms with Crippen LogP contribution in [-0.2, 0) is 80.0 Å². The first-order chi connectivity index (χ1) is 55.3. The normalized spacial score (nSPS) is 17.4. The molecule has 0 saturated heterocycles. The standard InChI is InChI=1S/C76H107F2N11O27S/c1-38-42(29-43-45(77)16-11-17-46(43)78)65(104)44(30-47(79)40-13-6-5-7-14-40)66(105)64(38)41-15-10-12-39(28-41)19-23-58(96)81-27-9-4-2-3-8-18-61(99)85-50(21-25-60(98)83-34-55(93)68(107)70(109)57(95)36-91)73(112)87-51(22-26-62(100)101)74(113)86-49(20-24-59(97)82-33-54(92)67(106)69(108)56(94)35-90)72(111)84-32-48(80)71(110)88-52(31-63(102)103)75(114)89-53(37-117)76(115)116/h5-7,10-17,28,42,44,47-57,67-70,90-95,106-109,117H,2-4,8-9,18-27,29-37,79-80H2,1H3,(H,81,96)(H,82,97)(H,83,98)(H,84,111)(H,85,99)(H,86,113)(H,87,112)(H,88,110)(H,89,114)(H,100,101)(H,102,103)(H,115,116)/t42?,44?,47-,48?,49+,50+,51+,52-,53-,54-,55-,56+,57+,67+,68+,69+,70+/m0/s1. The lowest BCUT2D eigenvalue weighted by Gasteiger charge is -2.32. The fraction of sp³-hybridized carbons (Fsp3) is 0.553. The molecule has 1 aliphatic rings. The van der Waals surface area contributed by atoms with Crippen LogP contribution in [0.15, 0.2) is 78.4 Å². The Hall–Kier alpha value is -9.89. The number of carboxylic acid groups (broad SMARTS) is 3. The summed E-state index contributed by atoms with van der Waals surface area (Å²) in [5, 5.41) is 148. The van der Waals surface area contributed by atoms with Gasteiger partial charge in [-0.2, -0.15) is 12.6 Å². The monoisotopic (exact) mass is 1680 g/mol. The molecular weight excluding hydrogens is 1570 g/mol. The van der Waals surface area contributed by atoms with Gasteiger partial charge in [0.2, 0.25) is 53.2 Å². The molecule has 3 aromatic rings. The molecule has 0 spiro atoms. The molecule has 1 aliphatic carbocycles. The third-order valence-electron chi connectivity index (χ3n) is 19.3. The van der Waals surface area contributed by atoms with Crippen molar-refractivity contribution in [3.8, 4) is 0 Å². The zero-order valence-electron chi connectivity index (χ0n) is 64.1. The minimum absolute atomic E-state index is 0.0252. The van der Waals surface area contributed by atoms with E-state index in [0.29, 0.717) is 47.9 Å². The molecule has 38 nitrogen and oxygen atoms in total. The zero-order chi connectivity index (χ0) is 87.3. The summed E-state index contributed by atoms with van der Waals surface area (Å²) >= 11 is 3.82. The molecule has 3 unspecified atom stereocenters. The van der Waals surface area contributed by atoms with E-state index in [-0.39, 0.29) is 62.1 Å². The predicted molar refractivity (Wildman–Crippen MR) is 411 cm³/mol. The Morgan fingerprint density at radius 3 is 1.51 bits per heavy atom. The predicted octanol–water partition coefficient (Wildman–Crippen LogP) is -5.27. The smallest absolute Gasteiger partial charge is 0.327 e. The number of aliphatic hydroxyl groups excluding tert-OH is 10. The highest BCUT2D eigenvalue weighted by Crippen LogP contribution is 2.40. The number of nitrogens with two attached hydrogens (primary N) is 2. The first-order valence-corrected chi connectivity index (χ1v) is 38.4. The number of unbranched alkanes of at least 4 members (excludes halogenated alkanes) is 4. The van der Waals surface area contributed by atoms with Gasteiger partial charge < -0.3 is 126 Å². The molecule has 0 heterocycles. The Balaban J connectivity index is 1.47. The van der Waals surface area contributed by atoms with Crippen molar-refractivity contribution in [2.45, 2.75) is 207 Å². The molecule has 0 aliphatic heterocycles. The van der Waals surface area contributed by atoms with Crippen LogP contribution in [0.2, 0.25) is 0 Å². The van der Waals surface area contributed by atoms with Crippen molar-refractivity contribution >= 4 is 101 Å². The van der Waals surface area contributed by atoms with Crippen molar-refractivity contribution in [2.75, 3.05) is 45.1 Å². The maximum Gasteiger partial charge on any atom is 0.327 e. The molecule has 26 N–H and O–H groups in total. The Labute approximate surface area is 676 Å². The molecule has 9 amide bonds. The van der Waals surface area contributed by atoms with Gasteiger partial charge in [0, 0.05) is 87.1 Å². The van der Waals surface area contributed by atoms with Crippen LogP contribution in [0.5, 0.6) is 0 Å². The van der Waals surface area contributed by atoms with E-state index in [1.54, 1.807) is 61.5 Å². The number of aliphatic carboxylic acids is 3. The van der Waals surface area contributed by atoms with Crippen molar-refractivity contribution in [1.82, 2.24) is 47.9 Å². The van der Waals surface area contributed by atoms with Crippen LogP contribution < -0.4 is 59.3 Å². The molecular formula is C76H107F2N11O27S. The van der Waals surface area contributed by atoms with Crippen molar-refractivity contribution in [1.29, 1.82) is 0 Å². The van der Waals surface area contributed by atoms with Crippen LogP contribution in [0.3, 0.4) is 0 Å². The number of aryl methyl sites for hydroxylation is 1. The Morgan fingerprint density at radius 1 is 0.487 bits per heavy atom. The van der Waals surface area contributed by atoms with Gasteiger partial charge in [-0.05, 0) is 87.1 Å². The molecule has 17 atom stereocenters. The van der Waals surface area contributed by atoms with E-state index in [4.69, 9.17) is 21.7 Å². The van der Waals surface area contributed by atoms with Crippen molar-refractivity contribution < 1.29 is 142 Å². The summed E-state index contributed by atoms with van der Waals surface area (Å²) in [5.74, 6) is -19.8. The van der Waals surface area contributed by atoms with E-state index < -0.39 is 275 Å². The summed E-state index contributed by atoms with van der Waals surface area (Å²) in [6, 6.07) is 7.24. The third kappa shape index (κ3) is 33.2. The van der Waals surface area contributed by atoms with Crippen LogP contribution in [0.4, 0.5) is 8.78 Å². The van der Waals surface area contributed by atoms with E-state index in [2.05, 4.69) is 49.8 Å². The van der Waals surface area contributed by atoms with Gasteiger partial charge in [0.25, 0.3) is 0 Å². The van der Waals surface area contributed by atoms with E-state index in [1.165, 1.54) is 6.07 Å². The number of Topliss-reactive ketones (excluding diaryl/α,β-unsaturated/α-hetero) is 2. The summed E-state index contributed by atoms with van der Waals surface area (Å²) in [5.41, 5.74) is 14.6. The number of carbonyl (C=O) groups is 14. The largest absolute Gasteiger partial charge is 0.481 e. The quantitative estimate of drug-likeness (QED) is 0.0143. The maximum absolute atomic E-state index is 15.1. The Morgan fingerprint density at radius 2 is 0.974 bits per heavy atom. The molecule has 0 bridgehead atoms. The minimum atomic E-state index is -2.14. The van der Waals surface area contributed by atoms with E-state index >= 15 is 8.78 Å². The SMILES string of the molecule is CC1=C(c2cccc(CCC(=O)NCCCCCCCC(=O)N[C@H](CCC(=O)NC[C@H](O)[C@@H](O)[C@H](O)[C@H](O)CO)C(=O)N[C@H](CCC(=O)O)C(=O)N[C@H](CCC(=O)NC[C@H](O)[C@@H](O)[C@H](O)[C@H](O)CO)C(=O)NCC(N)C(=O)N[C@@H](CC(=O)O)C(=O)N[C@@H](CS)C(=O)O)c2)C(=O)C(C[C@H](N)c2ccccc2)C(=O)C1Cc1c(F)cccc1F. The number of halogens is 2. The first-order valence-electron chi connectivity index (χ1n) is 37.7. The number of amides is 9. The van der Waals surface area contributed by atoms with Crippen LogP contribution in [0.1, 0.15) is 132 Å². The van der Waals surface area contributed by atoms with Gasteiger partial charge in [-0.15, -0.1) is 0 Å². The Bertz CT molecular complexity index is 3890. The molecule has 3 aromatic carbocycles. The molecule has 648 valence electrons. The lowest BCUT2D eigenvalue weighted by Crippen LogP contribution is -2.59. The Kier molecular flexibility index (Phi) is 43.1. The lowest BCUT2D eigenvalue weighted by atomic mass is 9.69. The van der Waals surface area contributed by atoms with Gasteiger partial charge in [0.05, 0.1) is 37.8 Å². The highest BCUT2D eigenvalue weighted by molar-refractivity contribution is 7.80. The zero-order valence-corrected chi connectivity index (χ0v) is 65.0. The average Bonchev–Trinajstić information content (AvgIpc) is 0.759. The fourth-order valence-electron chi connectivity index (χ4n) is 12.4. The van der Waals surface area contributed by atoms with Crippen LogP contribution in [0, 0.1) is 23.5 Å². The van der Waals surface area contributed by atoms with E-state index in [9.17, 15) is 123 Å². The first kappa shape index (κ1) is 99.5. The van der Waals surface area contributed by atoms with E-state index in [1.807, 2.05) is 10.6 Å². The topological polar surface area (TPSA) is 662 Å². The number of ketones is 2. The number of carboxylic acids is 3. The summed E-state index contributed by atoms with van der Waals surface area (Å²) in [7, 11) is 0. The van der Waals surface area contributed by atoms with Crippen LogP contribution in [0.25, 0.3) is 5.57 Å². The van der Waals surface area contributed by atoms with Gasteiger partial charge in [0.15, 0.2) is 11.6 Å². The number of thiol groups is 1. The van der Waals surface area contributed by atoms with Crippen molar-refractivity contribution in [3.63, 3.8) is 0 Å². The summed E-state index contributed by atoms with van der Waals surface area (Å²) < 4.78 is 30.2. The van der Waals surface area contributed by atoms with Gasteiger partial charge >= 0.3 is 17.9 Å². The van der Waals surface area contributed by atoms with Gasteiger partial charge in [-0.25, -0.2) is 13.6 Å². The van der Waals surface area contributed by atoms with Gasteiger partial charge in [0.1, 0.15) is 84.5 Å². The fourth-order valence-corrected chi connectivity index (χ4v) is 12.6. The molecule has 0 radical (unpaired) electrons. The minimum Gasteiger partial charge on any atom is -0.481 e. The highest BCUT2D eigenvalue weighted by Gasteiger charge is 2.44. The number of hydrogen-bond acceptors (Lipinski definition) is 27. The summed E-state index contributed by atoms with van der Waals surface area (Å²) in [6.07, 6.45) is -20.0. The summed E-state index contributed by atoms with van der Waals surface area (Å²) in [6.45, 7) is -2.74. The number of allylic oxidation sites excluding steroid dienone is 2. The van der Waals surface area contributed by atoms with Crippen LogP contribution in [-0.4, -0.2) is 279 Å². The molecule has 0 saturated carbocycles. The molecule has 117 heavy (non-hydrogen) atoms. The second-order valence-electron chi connectivity index (χ2n) is 28.2. The number of benzene rings is 3. The molecule has 0 fully saturated rings. The van der Waals surface area contributed by atoms with Crippen LogP contribution >= 0.6 is 12.6 Å².